The van der Waals surface area contributed by atoms with Gasteiger partial charge >= 0.3 is 0 Å². The Morgan fingerprint density at radius 3 is 2.16 bits per heavy atom. The summed E-state index contributed by atoms with van der Waals surface area (Å²) in [6, 6.07) is 24.8. The molecule has 0 spiro atoms. The van der Waals surface area contributed by atoms with Crippen molar-refractivity contribution in [3.05, 3.63) is 122 Å². The number of non-ortho nitro benzene ring substituents is 1. The number of benzene rings is 3. The highest BCUT2D eigenvalue weighted by Gasteiger charge is 2.10. The van der Waals surface area contributed by atoms with Gasteiger partial charge in [-0.1, -0.05) is 29.8 Å². The number of ether oxygens (including phenoxy) is 1. The summed E-state index contributed by atoms with van der Waals surface area (Å²) in [6.07, 6.45) is 0. The topological polar surface area (TPSA) is 74.4 Å². The molecule has 3 aromatic carbocycles. The third-order valence-electron chi connectivity index (χ3n) is 5.31. The van der Waals surface area contributed by atoms with Crippen molar-refractivity contribution in [2.24, 2.45) is 0 Å². The van der Waals surface area contributed by atoms with Gasteiger partial charge in [0.25, 0.3) is 11.2 Å². The van der Waals surface area contributed by atoms with E-state index in [1.165, 1.54) is 17.7 Å². The molecular formula is C26H22N2O4. The highest BCUT2D eigenvalue weighted by molar-refractivity contribution is 5.61. The van der Waals surface area contributed by atoms with E-state index in [1.807, 2.05) is 30.3 Å². The first-order valence-electron chi connectivity index (χ1n) is 10.2. The molecule has 0 N–H and O–H groups in total. The van der Waals surface area contributed by atoms with E-state index in [4.69, 9.17) is 4.74 Å². The second kappa shape index (κ2) is 8.89. The molecular weight excluding hydrogens is 404 g/mol. The van der Waals surface area contributed by atoms with Gasteiger partial charge in [-0.3, -0.25) is 14.9 Å². The standard InChI is InChI=1S/C26H22N2O4/c1-18-6-7-21(19(2)16-18)17-27-25(4-3-5-26(27)29)20-8-12-23(13-9-20)32-24-14-10-22(11-15-24)28(30)31/h3-16H,17H2,1-2H3. The second-order valence-electron chi connectivity index (χ2n) is 7.64. The molecule has 0 radical (unpaired) electrons. The molecule has 0 aliphatic rings. The molecule has 32 heavy (non-hydrogen) atoms. The summed E-state index contributed by atoms with van der Waals surface area (Å²) in [5, 5.41) is 10.8. The molecule has 1 aromatic heterocycles. The summed E-state index contributed by atoms with van der Waals surface area (Å²) in [4.78, 5) is 23.0. The van der Waals surface area contributed by atoms with Crippen LogP contribution in [-0.2, 0) is 6.54 Å². The zero-order valence-corrected chi connectivity index (χ0v) is 17.8. The Morgan fingerprint density at radius 1 is 0.875 bits per heavy atom. The average molecular weight is 426 g/mol. The van der Waals surface area contributed by atoms with Crippen LogP contribution in [0.15, 0.2) is 89.7 Å². The van der Waals surface area contributed by atoms with E-state index in [2.05, 4.69) is 32.0 Å². The van der Waals surface area contributed by atoms with Crippen LogP contribution in [0.4, 0.5) is 5.69 Å². The number of hydrogen-bond donors (Lipinski definition) is 0. The molecule has 0 saturated carbocycles. The maximum atomic E-state index is 12.7. The van der Waals surface area contributed by atoms with Crippen molar-refractivity contribution in [2.45, 2.75) is 20.4 Å². The fraction of sp³-hybridized carbons (Fsp3) is 0.115. The predicted molar refractivity (Wildman–Crippen MR) is 124 cm³/mol. The third-order valence-corrected chi connectivity index (χ3v) is 5.31. The van der Waals surface area contributed by atoms with E-state index in [1.54, 1.807) is 28.8 Å². The minimum absolute atomic E-state index is 0.0126. The number of pyridine rings is 1. The van der Waals surface area contributed by atoms with Gasteiger partial charge in [0.1, 0.15) is 11.5 Å². The maximum Gasteiger partial charge on any atom is 0.269 e. The molecule has 0 atom stereocenters. The van der Waals surface area contributed by atoms with Crippen molar-refractivity contribution in [3.63, 3.8) is 0 Å². The van der Waals surface area contributed by atoms with E-state index in [0.717, 1.165) is 22.4 Å². The van der Waals surface area contributed by atoms with Gasteiger partial charge in [0.2, 0.25) is 0 Å². The van der Waals surface area contributed by atoms with Gasteiger partial charge in [0.05, 0.1) is 17.2 Å². The zero-order valence-electron chi connectivity index (χ0n) is 17.8. The molecule has 0 bridgehead atoms. The molecule has 0 unspecified atom stereocenters. The fourth-order valence-electron chi connectivity index (χ4n) is 3.59. The molecule has 6 nitrogen and oxygen atoms in total. The Labute approximate surface area is 185 Å². The first kappa shape index (κ1) is 21.1. The summed E-state index contributed by atoms with van der Waals surface area (Å²) < 4.78 is 7.56. The van der Waals surface area contributed by atoms with Crippen molar-refractivity contribution in [1.82, 2.24) is 4.57 Å². The van der Waals surface area contributed by atoms with E-state index in [-0.39, 0.29) is 11.2 Å². The Morgan fingerprint density at radius 2 is 1.53 bits per heavy atom. The van der Waals surface area contributed by atoms with E-state index < -0.39 is 4.92 Å². The largest absolute Gasteiger partial charge is 0.457 e. The highest BCUT2D eigenvalue weighted by atomic mass is 16.6. The van der Waals surface area contributed by atoms with Crippen LogP contribution in [0.25, 0.3) is 11.3 Å². The number of nitrogens with zero attached hydrogens (tertiary/aromatic N) is 2. The summed E-state index contributed by atoms with van der Waals surface area (Å²) in [5.41, 5.74) is 5.10. The van der Waals surface area contributed by atoms with E-state index in [9.17, 15) is 14.9 Å². The summed E-state index contributed by atoms with van der Waals surface area (Å²) in [6.45, 7) is 4.60. The quantitative estimate of drug-likeness (QED) is 0.285. The molecule has 0 aliphatic carbocycles. The normalized spacial score (nSPS) is 10.7. The van der Waals surface area contributed by atoms with Crippen molar-refractivity contribution >= 4 is 5.69 Å². The first-order valence-corrected chi connectivity index (χ1v) is 10.2. The Bertz CT molecular complexity index is 1320. The van der Waals surface area contributed by atoms with Gasteiger partial charge in [-0.15, -0.1) is 0 Å². The van der Waals surface area contributed by atoms with Crippen LogP contribution >= 0.6 is 0 Å². The Hall–Kier alpha value is -4.19. The molecule has 4 rings (SSSR count). The molecule has 0 aliphatic heterocycles. The van der Waals surface area contributed by atoms with Crippen LogP contribution in [0.5, 0.6) is 11.5 Å². The van der Waals surface area contributed by atoms with Gasteiger partial charge in [0, 0.05) is 18.2 Å². The lowest BCUT2D eigenvalue weighted by atomic mass is 10.0. The Balaban J connectivity index is 1.59. The lowest BCUT2D eigenvalue weighted by Gasteiger charge is -2.15. The number of nitro benzene ring substituents is 1. The minimum atomic E-state index is -0.448. The first-order chi connectivity index (χ1) is 15.4. The average Bonchev–Trinajstić information content (AvgIpc) is 2.78. The lowest BCUT2D eigenvalue weighted by molar-refractivity contribution is -0.384. The van der Waals surface area contributed by atoms with Crippen molar-refractivity contribution in [3.8, 4) is 22.8 Å². The van der Waals surface area contributed by atoms with Gasteiger partial charge in [-0.2, -0.15) is 0 Å². The fourth-order valence-corrected chi connectivity index (χ4v) is 3.59. The van der Waals surface area contributed by atoms with Gasteiger partial charge in [-0.05, 0) is 73.0 Å². The SMILES string of the molecule is Cc1ccc(Cn2c(-c3ccc(Oc4ccc([N+](=O)[O-])cc4)cc3)cccc2=O)c(C)c1. The molecule has 6 heteroatoms. The van der Waals surface area contributed by atoms with E-state index in [0.29, 0.717) is 18.0 Å². The van der Waals surface area contributed by atoms with Crippen LogP contribution in [0.2, 0.25) is 0 Å². The molecule has 1 heterocycles. The monoisotopic (exact) mass is 426 g/mol. The number of nitro groups is 1. The third kappa shape index (κ3) is 4.59. The molecule has 160 valence electrons. The maximum absolute atomic E-state index is 12.7. The predicted octanol–water partition coefficient (Wildman–Crippen LogP) is 5.88. The zero-order chi connectivity index (χ0) is 22.7. The summed E-state index contributed by atoms with van der Waals surface area (Å²) in [7, 11) is 0. The Kier molecular flexibility index (Phi) is 5.85. The highest BCUT2D eigenvalue weighted by Crippen LogP contribution is 2.27. The van der Waals surface area contributed by atoms with Crippen molar-refractivity contribution in [1.29, 1.82) is 0 Å². The minimum Gasteiger partial charge on any atom is -0.457 e. The number of hydrogen-bond acceptors (Lipinski definition) is 4. The smallest absolute Gasteiger partial charge is 0.269 e. The van der Waals surface area contributed by atoms with Gasteiger partial charge in [0.15, 0.2) is 0 Å². The van der Waals surface area contributed by atoms with E-state index >= 15 is 0 Å². The number of aromatic nitrogens is 1. The number of aryl methyl sites for hydroxylation is 2. The van der Waals surface area contributed by atoms with Crippen LogP contribution in [0, 0.1) is 24.0 Å². The molecule has 0 amide bonds. The summed E-state index contributed by atoms with van der Waals surface area (Å²) in [5.74, 6) is 1.11. The van der Waals surface area contributed by atoms with Crippen LogP contribution in [0.1, 0.15) is 16.7 Å². The van der Waals surface area contributed by atoms with Crippen molar-refractivity contribution in [2.75, 3.05) is 0 Å². The lowest BCUT2D eigenvalue weighted by Crippen LogP contribution is -2.21. The van der Waals surface area contributed by atoms with Gasteiger partial charge in [-0.25, -0.2) is 0 Å². The van der Waals surface area contributed by atoms with Crippen LogP contribution in [0.3, 0.4) is 0 Å². The second-order valence-corrected chi connectivity index (χ2v) is 7.64. The molecule has 0 fully saturated rings. The van der Waals surface area contributed by atoms with Crippen LogP contribution in [-0.4, -0.2) is 9.49 Å². The summed E-state index contributed by atoms with van der Waals surface area (Å²) >= 11 is 0. The number of rotatable bonds is 6. The molecule has 4 aromatic rings. The van der Waals surface area contributed by atoms with Crippen LogP contribution < -0.4 is 10.3 Å². The van der Waals surface area contributed by atoms with Gasteiger partial charge < -0.3 is 9.30 Å². The van der Waals surface area contributed by atoms with Crippen molar-refractivity contribution < 1.29 is 9.66 Å². The molecule has 0 saturated heterocycles.